The van der Waals surface area contributed by atoms with E-state index in [4.69, 9.17) is 17.3 Å². The molecule has 29 heavy (non-hydrogen) atoms. The molecule has 2 N–H and O–H groups in total. The smallest absolute Gasteiger partial charge is 0.211 e. The molecule has 1 saturated heterocycles. The molecule has 1 aromatic rings. The number of Topliss-reactive ketones (excluding diaryl/α,β-unsaturated/α-hetero) is 1. The van der Waals surface area contributed by atoms with Gasteiger partial charge in [0.25, 0.3) is 0 Å². The van der Waals surface area contributed by atoms with E-state index >= 15 is 0 Å². The molecule has 0 radical (unpaired) electrons. The average Bonchev–Trinajstić information content (AvgIpc) is 2.66. The van der Waals surface area contributed by atoms with Crippen LogP contribution in [0.25, 0.3) is 0 Å². The summed E-state index contributed by atoms with van der Waals surface area (Å²) in [5, 5.41) is 0.407. The van der Waals surface area contributed by atoms with E-state index in [0.717, 1.165) is 45.2 Å². The molecule has 1 saturated carbocycles. The number of nitrogens with two attached hydrogens (primary N) is 1. The Kier molecular flexibility index (Phi) is 8.39. The predicted molar refractivity (Wildman–Crippen MR) is 120 cm³/mol. The van der Waals surface area contributed by atoms with Crippen LogP contribution in [0.1, 0.15) is 55.3 Å². The first-order chi connectivity index (χ1) is 13.2. The molecule has 1 aromatic carbocycles. The number of halogens is 2. The molecule has 0 unspecified atom stereocenters. The van der Waals surface area contributed by atoms with E-state index in [0.29, 0.717) is 35.8 Å². The van der Waals surface area contributed by atoms with Gasteiger partial charge in [-0.1, -0.05) is 36.9 Å². The number of hydrogen-bond acceptors (Lipinski definition) is 5. The SMILES string of the molecule is CS(=O)(=O)N1CCN(C2(CCC(=O)c3c(N)cccc3Cl)CCCCC2)CC1.Cl. The van der Waals surface area contributed by atoms with Gasteiger partial charge in [-0.2, -0.15) is 4.31 Å². The Morgan fingerprint density at radius 2 is 1.76 bits per heavy atom. The topological polar surface area (TPSA) is 83.7 Å². The Morgan fingerprint density at radius 3 is 2.31 bits per heavy atom. The van der Waals surface area contributed by atoms with Gasteiger partial charge in [-0.05, 0) is 31.4 Å². The molecule has 1 aliphatic carbocycles. The maximum Gasteiger partial charge on any atom is 0.211 e. The van der Waals surface area contributed by atoms with Crippen LogP contribution >= 0.6 is 24.0 Å². The van der Waals surface area contributed by atoms with Gasteiger partial charge in [0, 0.05) is 43.8 Å². The summed E-state index contributed by atoms with van der Waals surface area (Å²) in [5.41, 5.74) is 6.81. The average molecular weight is 464 g/mol. The highest BCUT2D eigenvalue weighted by Crippen LogP contribution is 2.39. The first-order valence-corrected chi connectivity index (χ1v) is 12.2. The number of anilines is 1. The number of carbonyl (C=O) groups excluding carboxylic acids is 1. The van der Waals surface area contributed by atoms with E-state index in [1.807, 2.05) is 0 Å². The van der Waals surface area contributed by atoms with Gasteiger partial charge >= 0.3 is 0 Å². The number of nitrogens with zero attached hydrogens (tertiary/aromatic N) is 2. The standard InChI is InChI=1S/C20H30ClN3O3S.ClH/c1-28(26,27)24-14-12-23(13-15-24)20(9-3-2-4-10-20)11-8-18(25)19-16(21)6-5-7-17(19)22;/h5-7H,2-4,8-15,22H2,1H3;1H. The molecular formula is C20H31Cl2N3O3S. The van der Waals surface area contributed by atoms with Crippen molar-refractivity contribution in [2.24, 2.45) is 0 Å². The van der Waals surface area contributed by atoms with Crippen LogP contribution in [0.4, 0.5) is 5.69 Å². The lowest BCUT2D eigenvalue weighted by atomic mass is 9.76. The number of nitrogen functional groups attached to an aromatic ring is 1. The van der Waals surface area contributed by atoms with Gasteiger partial charge in [0.1, 0.15) is 0 Å². The summed E-state index contributed by atoms with van der Waals surface area (Å²) >= 11 is 6.21. The van der Waals surface area contributed by atoms with Crippen LogP contribution in [0.3, 0.4) is 0 Å². The van der Waals surface area contributed by atoms with Crippen molar-refractivity contribution in [3.05, 3.63) is 28.8 Å². The van der Waals surface area contributed by atoms with Gasteiger partial charge in [-0.15, -0.1) is 12.4 Å². The Morgan fingerprint density at radius 1 is 1.14 bits per heavy atom. The maximum atomic E-state index is 12.9. The monoisotopic (exact) mass is 463 g/mol. The van der Waals surface area contributed by atoms with Gasteiger partial charge in [0.2, 0.25) is 10.0 Å². The zero-order valence-electron chi connectivity index (χ0n) is 16.9. The Balaban J connectivity index is 0.00000300. The van der Waals surface area contributed by atoms with E-state index in [2.05, 4.69) is 4.90 Å². The summed E-state index contributed by atoms with van der Waals surface area (Å²) < 4.78 is 25.2. The first-order valence-electron chi connectivity index (χ1n) is 10.0. The summed E-state index contributed by atoms with van der Waals surface area (Å²) in [6, 6.07) is 5.16. The van der Waals surface area contributed by atoms with Gasteiger partial charge in [0.15, 0.2) is 5.78 Å². The van der Waals surface area contributed by atoms with Crippen LogP contribution in [-0.4, -0.2) is 61.4 Å². The Hall–Kier alpha value is -0.860. The molecule has 6 nitrogen and oxygen atoms in total. The zero-order valence-corrected chi connectivity index (χ0v) is 19.3. The van der Waals surface area contributed by atoms with Crippen LogP contribution < -0.4 is 5.73 Å². The van der Waals surface area contributed by atoms with Crippen LogP contribution in [-0.2, 0) is 10.0 Å². The number of sulfonamides is 1. The number of rotatable bonds is 6. The largest absolute Gasteiger partial charge is 0.398 e. The maximum absolute atomic E-state index is 12.9. The van der Waals surface area contributed by atoms with Crippen LogP contribution in [0.5, 0.6) is 0 Å². The summed E-state index contributed by atoms with van der Waals surface area (Å²) in [5.74, 6) is -0.0113. The summed E-state index contributed by atoms with van der Waals surface area (Å²) in [6.45, 7) is 2.48. The summed E-state index contributed by atoms with van der Waals surface area (Å²) in [6.07, 6.45) is 8.05. The molecule has 2 fully saturated rings. The van der Waals surface area contributed by atoms with Crippen molar-refractivity contribution >= 4 is 45.5 Å². The molecule has 0 spiro atoms. The van der Waals surface area contributed by atoms with Crippen molar-refractivity contribution in [2.45, 2.75) is 50.5 Å². The molecule has 0 aromatic heterocycles. The second kappa shape index (κ2) is 9.96. The van der Waals surface area contributed by atoms with Crippen molar-refractivity contribution < 1.29 is 13.2 Å². The fourth-order valence-corrected chi connectivity index (χ4v) is 5.85. The van der Waals surface area contributed by atoms with Crippen molar-refractivity contribution in [1.29, 1.82) is 0 Å². The van der Waals surface area contributed by atoms with E-state index in [9.17, 15) is 13.2 Å². The predicted octanol–water partition coefficient (Wildman–Crippen LogP) is 3.59. The molecule has 3 rings (SSSR count). The van der Waals surface area contributed by atoms with Gasteiger partial charge < -0.3 is 5.73 Å². The third-order valence-electron chi connectivity index (χ3n) is 6.30. The lowest BCUT2D eigenvalue weighted by molar-refractivity contribution is 0.0166. The zero-order chi connectivity index (χ0) is 20.4. The van der Waals surface area contributed by atoms with Crippen molar-refractivity contribution in [3.8, 4) is 0 Å². The Labute approximate surface area is 185 Å². The minimum atomic E-state index is -3.15. The number of ketones is 1. The molecule has 0 amide bonds. The second-order valence-corrected chi connectivity index (χ2v) is 10.5. The van der Waals surface area contributed by atoms with Crippen molar-refractivity contribution in [2.75, 3.05) is 38.2 Å². The number of benzene rings is 1. The molecule has 164 valence electrons. The fourth-order valence-electron chi connectivity index (χ4n) is 4.73. The van der Waals surface area contributed by atoms with Crippen LogP contribution in [0.2, 0.25) is 5.02 Å². The van der Waals surface area contributed by atoms with E-state index in [1.54, 1.807) is 22.5 Å². The minimum absolute atomic E-state index is 0. The molecule has 1 aliphatic heterocycles. The Bertz CT molecular complexity index is 798. The van der Waals surface area contributed by atoms with Crippen LogP contribution in [0, 0.1) is 0 Å². The first kappa shape index (κ1) is 24.4. The van der Waals surface area contributed by atoms with Gasteiger partial charge in [-0.3, -0.25) is 9.69 Å². The molecule has 9 heteroatoms. The highest BCUT2D eigenvalue weighted by atomic mass is 35.5. The van der Waals surface area contributed by atoms with Crippen LogP contribution in [0.15, 0.2) is 18.2 Å². The second-order valence-electron chi connectivity index (χ2n) is 8.06. The highest BCUT2D eigenvalue weighted by molar-refractivity contribution is 7.88. The van der Waals surface area contributed by atoms with Crippen molar-refractivity contribution in [1.82, 2.24) is 9.21 Å². The van der Waals surface area contributed by atoms with Crippen molar-refractivity contribution in [3.63, 3.8) is 0 Å². The summed E-state index contributed by atoms with van der Waals surface area (Å²) in [4.78, 5) is 15.3. The van der Waals surface area contributed by atoms with E-state index in [1.165, 1.54) is 12.7 Å². The fraction of sp³-hybridized carbons (Fsp3) is 0.650. The third-order valence-corrected chi connectivity index (χ3v) is 7.92. The molecule has 0 atom stereocenters. The number of piperazine rings is 1. The van der Waals surface area contributed by atoms with E-state index < -0.39 is 10.0 Å². The lowest BCUT2D eigenvalue weighted by Gasteiger charge is -2.49. The molecule has 0 bridgehead atoms. The number of hydrogen-bond donors (Lipinski definition) is 1. The highest BCUT2D eigenvalue weighted by Gasteiger charge is 2.40. The third kappa shape index (κ3) is 5.64. The van der Waals surface area contributed by atoms with E-state index in [-0.39, 0.29) is 23.7 Å². The summed E-state index contributed by atoms with van der Waals surface area (Å²) in [7, 11) is -3.15. The molecule has 1 heterocycles. The molecule has 2 aliphatic rings. The van der Waals surface area contributed by atoms with Gasteiger partial charge in [-0.25, -0.2) is 8.42 Å². The number of carbonyl (C=O) groups is 1. The quantitative estimate of drug-likeness (QED) is 0.514. The van der Waals surface area contributed by atoms with Gasteiger partial charge in [0.05, 0.1) is 16.8 Å². The minimum Gasteiger partial charge on any atom is -0.398 e. The lowest BCUT2D eigenvalue weighted by Crippen LogP contribution is -2.58. The normalized spacial score (nSPS) is 20.8. The molecular weight excluding hydrogens is 433 g/mol.